The van der Waals surface area contributed by atoms with Crippen LogP contribution in [0.3, 0.4) is 0 Å². The monoisotopic (exact) mass is 513 g/mol. The van der Waals surface area contributed by atoms with Gasteiger partial charge in [0.1, 0.15) is 5.75 Å². The number of amides is 2. The first kappa shape index (κ1) is 25.0. The Bertz CT molecular complexity index is 1390. The Morgan fingerprint density at radius 1 is 1.05 bits per heavy atom. The van der Waals surface area contributed by atoms with Crippen molar-refractivity contribution in [2.45, 2.75) is 24.8 Å². The molecule has 2 aliphatic rings. The summed E-state index contributed by atoms with van der Waals surface area (Å²) in [6.07, 6.45) is 1.86. The molecule has 1 unspecified atom stereocenters. The molecule has 0 aliphatic carbocycles. The molecule has 2 amide bonds. The van der Waals surface area contributed by atoms with Crippen LogP contribution in [0, 0.1) is 6.92 Å². The molecule has 1 atom stereocenters. The molecular weight excluding hydrogens is 482 g/mol. The van der Waals surface area contributed by atoms with Crippen molar-refractivity contribution < 1.29 is 14.3 Å². The third-order valence-electron chi connectivity index (χ3n) is 6.98. The Kier molecular flexibility index (Phi) is 6.98. The van der Waals surface area contributed by atoms with E-state index in [0.717, 1.165) is 28.4 Å². The first-order valence-electron chi connectivity index (χ1n) is 12.4. The van der Waals surface area contributed by atoms with Gasteiger partial charge < -0.3 is 19.4 Å². The average molecular weight is 514 g/mol. The van der Waals surface area contributed by atoms with Crippen molar-refractivity contribution in [2.24, 2.45) is 0 Å². The summed E-state index contributed by atoms with van der Waals surface area (Å²) >= 11 is 1.42. The van der Waals surface area contributed by atoms with Crippen molar-refractivity contribution in [2.75, 3.05) is 43.6 Å². The topological polar surface area (TPSA) is 53.1 Å². The van der Waals surface area contributed by atoms with Gasteiger partial charge in [0.2, 0.25) is 0 Å². The average Bonchev–Trinajstić information content (AvgIpc) is 2.91. The SMILES string of the molecule is COc1ccccc1/C=C1\Sc2ccc(C(=O)N3CCN(c4cccc(C)c4)C(C)C3)cc2N(C)C1=O. The largest absolute Gasteiger partial charge is 0.496 e. The standard InChI is InChI=1S/C30H31N3O3S/c1-20-8-7-10-24(16-20)33-15-14-32(19-21(33)2)29(34)23-12-13-27-25(17-23)31(3)30(35)28(37-27)18-22-9-5-6-11-26(22)36-4/h5-13,16-18,21H,14-15,19H2,1-4H3/b28-18-. The molecule has 0 aromatic heterocycles. The molecule has 6 nitrogen and oxygen atoms in total. The van der Waals surface area contributed by atoms with Crippen molar-refractivity contribution >= 4 is 41.0 Å². The maximum atomic E-state index is 13.5. The first-order chi connectivity index (χ1) is 17.9. The van der Waals surface area contributed by atoms with Gasteiger partial charge in [0.05, 0.1) is 17.7 Å². The number of hydrogen-bond donors (Lipinski definition) is 0. The van der Waals surface area contributed by atoms with Crippen LogP contribution in [0.4, 0.5) is 11.4 Å². The lowest BCUT2D eigenvalue weighted by molar-refractivity contribution is -0.114. The normalized spacial score (nSPS) is 18.7. The number of carbonyl (C=O) groups excluding carboxylic acids is 2. The fourth-order valence-electron chi connectivity index (χ4n) is 4.97. The van der Waals surface area contributed by atoms with Crippen molar-refractivity contribution in [3.05, 3.63) is 88.3 Å². The number of carbonyl (C=O) groups is 2. The highest BCUT2D eigenvalue weighted by Gasteiger charge is 2.31. The summed E-state index contributed by atoms with van der Waals surface area (Å²) in [4.78, 5) is 34.1. The number of piperazine rings is 1. The number of hydrogen-bond acceptors (Lipinski definition) is 5. The maximum absolute atomic E-state index is 13.5. The predicted molar refractivity (Wildman–Crippen MR) is 151 cm³/mol. The second kappa shape index (κ2) is 10.3. The number of anilines is 2. The Hall–Kier alpha value is -3.71. The van der Waals surface area contributed by atoms with Crippen LogP contribution in [0.1, 0.15) is 28.4 Å². The number of benzene rings is 3. The Labute approximate surface area is 222 Å². The van der Waals surface area contributed by atoms with E-state index in [-0.39, 0.29) is 17.9 Å². The fourth-order valence-corrected chi connectivity index (χ4v) is 6.05. The minimum atomic E-state index is -0.103. The van der Waals surface area contributed by atoms with Gasteiger partial charge in [0.25, 0.3) is 11.8 Å². The summed E-state index contributed by atoms with van der Waals surface area (Å²) in [5.41, 5.74) is 4.64. The number of nitrogens with zero attached hydrogens (tertiary/aromatic N) is 3. The lowest BCUT2D eigenvalue weighted by atomic mass is 10.1. The summed E-state index contributed by atoms with van der Waals surface area (Å²) in [6.45, 7) is 6.35. The van der Waals surface area contributed by atoms with Gasteiger partial charge in [-0.3, -0.25) is 9.59 Å². The number of aryl methyl sites for hydroxylation is 1. The zero-order valence-corrected chi connectivity index (χ0v) is 22.4. The minimum absolute atomic E-state index is 0.000229. The Morgan fingerprint density at radius 3 is 2.62 bits per heavy atom. The number of ether oxygens (including phenoxy) is 1. The number of rotatable bonds is 4. The van der Waals surface area contributed by atoms with Gasteiger partial charge in [0.15, 0.2) is 0 Å². The van der Waals surface area contributed by atoms with E-state index < -0.39 is 0 Å². The highest BCUT2D eigenvalue weighted by atomic mass is 32.2. The number of fused-ring (bicyclic) bond motifs is 1. The summed E-state index contributed by atoms with van der Waals surface area (Å²) < 4.78 is 5.44. The Morgan fingerprint density at radius 2 is 1.86 bits per heavy atom. The molecule has 0 bridgehead atoms. The van der Waals surface area contributed by atoms with Gasteiger partial charge in [-0.05, 0) is 61.9 Å². The molecule has 3 aromatic carbocycles. The summed E-state index contributed by atoms with van der Waals surface area (Å²) in [7, 11) is 3.38. The van der Waals surface area contributed by atoms with Crippen LogP contribution in [0.15, 0.2) is 76.5 Å². The molecule has 0 N–H and O–H groups in total. The van der Waals surface area contributed by atoms with E-state index in [2.05, 4.69) is 43.0 Å². The minimum Gasteiger partial charge on any atom is -0.496 e. The third-order valence-corrected chi connectivity index (χ3v) is 8.05. The molecule has 2 heterocycles. The number of likely N-dealkylation sites (N-methyl/N-ethyl adjacent to an activating group) is 1. The molecule has 0 spiro atoms. The molecule has 3 aromatic rings. The van der Waals surface area contributed by atoms with E-state index in [1.54, 1.807) is 19.1 Å². The van der Waals surface area contributed by atoms with Gasteiger partial charge in [-0.25, -0.2) is 0 Å². The Balaban J connectivity index is 1.34. The molecule has 2 aliphatic heterocycles. The molecule has 1 fully saturated rings. The molecular formula is C30H31N3O3S. The van der Waals surface area contributed by atoms with Crippen molar-refractivity contribution in [1.29, 1.82) is 0 Å². The van der Waals surface area contributed by atoms with E-state index in [1.807, 2.05) is 53.4 Å². The zero-order valence-electron chi connectivity index (χ0n) is 21.6. The zero-order chi connectivity index (χ0) is 26.1. The molecule has 190 valence electrons. The maximum Gasteiger partial charge on any atom is 0.264 e. The molecule has 37 heavy (non-hydrogen) atoms. The van der Waals surface area contributed by atoms with Crippen molar-refractivity contribution in [3.8, 4) is 5.75 Å². The molecule has 0 saturated carbocycles. The smallest absolute Gasteiger partial charge is 0.264 e. The second-order valence-corrected chi connectivity index (χ2v) is 10.6. The third kappa shape index (κ3) is 4.96. The highest BCUT2D eigenvalue weighted by molar-refractivity contribution is 8.04. The van der Waals surface area contributed by atoms with E-state index in [9.17, 15) is 9.59 Å². The van der Waals surface area contributed by atoms with Gasteiger partial charge in [-0.15, -0.1) is 0 Å². The van der Waals surface area contributed by atoms with Gasteiger partial charge in [0, 0.05) is 54.4 Å². The van der Waals surface area contributed by atoms with Crippen LogP contribution >= 0.6 is 11.8 Å². The van der Waals surface area contributed by atoms with Gasteiger partial charge >= 0.3 is 0 Å². The quantitative estimate of drug-likeness (QED) is 0.434. The van der Waals surface area contributed by atoms with Crippen LogP contribution in [0.25, 0.3) is 6.08 Å². The van der Waals surface area contributed by atoms with Crippen LogP contribution in [0.5, 0.6) is 5.75 Å². The lowest BCUT2D eigenvalue weighted by Crippen LogP contribution is -2.53. The lowest BCUT2D eigenvalue weighted by Gasteiger charge is -2.41. The van der Waals surface area contributed by atoms with Crippen molar-refractivity contribution in [3.63, 3.8) is 0 Å². The van der Waals surface area contributed by atoms with Crippen LogP contribution in [-0.2, 0) is 4.79 Å². The van der Waals surface area contributed by atoms with E-state index >= 15 is 0 Å². The van der Waals surface area contributed by atoms with Gasteiger partial charge in [-0.2, -0.15) is 0 Å². The summed E-state index contributed by atoms with van der Waals surface area (Å²) in [6, 6.07) is 22.0. The number of para-hydroxylation sites is 1. The number of thioether (sulfide) groups is 1. The van der Waals surface area contributed by atoms with Crippen LogP contribution in [-0.4, -0.2) is 56.5 Å². The summed E-state index contributed by atoms with van der Waals surface area (Å²) in [5.74, 6) is 0.614. The first-order valence-corrected chi connectivity index (χ1v) is 13.2. The van der Waals surface area contributed by atoms with E-state index in [0.29, 0.717) is 23.6 Å². The highest BCUT2D eigenvalue weighted by Crippen LogP contribution is 2.42. The van der Waals surface area contributed by atoms with Crippen LogP contribution in [0.2, 0.25) is 0 Å². The fraction of sp³-hybridized carbons (Fsp3) is 0.267. The van der Waals surface area contributed by atoms with Gasteiger partial charge in [-0.1, -0.05) is 42.1 Å². The molecule has 5 rings (SSSR count). The molecule has 7 heteroatoms. The second-order valence-electron chi connectivity index (χ2n) is 9.53. The van der Waals surface area contributed by atoms with Crippen LogP contribution < -0.4 is 14.5 Å². The molecule has 0 radical (unpaired) electrons. The van der Waals surface area contributed by atoms with Crippen molar-refractivity contribution in [1.82, 2.24) is 4.90 Å². The number of methoxy groups -OCH3 is 1. The van der Waals surface area contributed by atoms with E-state index in [4.69, 9.17) is 4.74 Å². The molecule has 1 saturated heterocycles. The summed E-state index contributed by atoms with van der Waals surface area (Å²) in [5, 5.41) is 0. The van der Waals surface area contributed by atoms with E-state index in [1.165, 1.54) is 23.0 Å². The predicted octanol–water partition coefficient (Wildman–Crippen LogP) is 5.46.